The highest BCUT2D eigenvalue weighted by molar-refractivity contribution is 7.92. The van der Waals surface area contributed by atoms with E-state index < -0.39 is 54.0 Å². The molecule has 0 aliphatic heterocycles. The van der Waals surface area contributed by atoms with Crippen LogP contribution in [-0.4, -0.2) is 88.6 Å². The van der Waals surface area contributed by atoms with E-state index in [1.165, 1.54) is 11.3 Å². The van der Waals surface area contributed by atoms with Crippen molar-refractivity contribution in [1.29, 1.82) is 5.26 Å². The van der Waals surface area contributed by atoms with Gasteiger partial charge in [-0.05, 0) is 41.8 Å². The molecule has 0 aliphatic carbocycles. The number of sulfonamides is 1. The molecule has 17 nitrogen and oxygen atoms in total. The van der Waals surface area contributed by atoms with Crippen LogP contribution < -0.4 is 35.7 Å². The molecule has 55 heavy (non-hydrogen) atoms. The first-order valence-electron chi connectivity index (χ1n) is 15.0. The third-order valence-electron chi connectivity index (χ3n) is 5.76. The van der Waals surface area contributed by atoms with Gasteiger partial charge in [-0.1, -0.05) is 5.23 Å². The molecule has 27 heteroatoms. The zero-order valence-electron chi connectivity index (χ0n) is 28.1. The monoisotopic (exact) mass is 859 g/mol. The first-order valence-corrected chi connectivity index (χ1v) is 19.1. The number of quaternary nitrogens is 2. The topological polar surface area (TPSA) is 283 Å². The van der Waals surface area contributed by atoms with Crippen LogP contribution in [0, 0.1) is 17.1 Å². The van der Waals surface area contributed by atoms with Crippen molar-refractivity contribution in [3.05, 3.63) is 53.8 Å². The molecule has 1 atom stereocenters. The Morgan fingerprint density at radius 1 is 0.927 bits per heavy atom. The number of nitrogens with one attached hydrogen (secondary N) is 1. The highest BCUT2D eigenvalue weighted by Crippen LogP contribution is 2.42. The number of carbonyl (C=O) groups excluding carboxylic acids is 2. The average molecular weight is 860 g/mol. The smallest absolute Gasteiger partial charge is 0.430 e. The molecular weight excluding hydrogens is 826 g/mol. The second-order valence-corrected chi connectivity index (χ2v) is 15.0. The van der Waals surface area contributed by atoms with Gasteiger partial charge in [-0.2, -0.15) is 36.3 Å². The molecule has 2 aromatic carbocycles. The zero-order valence-corrected chi connectivity index (χ0v) is 30.6. The summed E-state index contributed by atoms with van der Waals surface area (Å²) in [5.41, 5.74) is 7.30. The highest BCUT2D eigenvalue weighted by atomic mass is 32.2. The zero-order chi connectivity index (χ0) is 42.0. The molecule has 0 saturated heterocycles. The Morgan fingerprint density at radius 3 is 1.93 bits per heavy atom. The number of hydrogen-bond acceptors (Lipinski definition) is 14. The summed E-state index contributed by atoms with van der Waals surface area (Å²) in [6, 6.07) is 11.1. The minimum atomic E-state index is -5.19. The van der Waals surface area contributed by atoms with Crippen molar-refractivity contribution < 1.29 is 98.8 Å². The molecule has 0 bridgehead atoms. The third-order valence-corrected chi connectivity index (χ3v) is 10.0. The number of alkyl halides is 6. The fourth-order valence-corrected chi connectivity index (χ4v) is 7.16. The Bertz CT molecular complexity index is 1880. The van der Waals surface area contributed by atoms with E-state index in [1.807, 2.05) is 0 Å². The number of benzene rings is 2. The molecule has 1 aromatic heterocycles. The lowest BCUT2D eigenvalue weighted by Gasteiger charge is -2.20. The lowest BCUT2D eigenvalue weighted by molar-refractivity contribution is -0.397. The van der Waals surface area contributed by atoms with Crippen molar-refractivity contribution >= 4 is 51.0 Å². The maximum Gasteiger partial charge on any atom is 0.430 e. The van der Waals surface area contributed by atoms with Gasteiger partial charge in [-0.3, -0.25) is 9.68 Å². The summed E-state index contributed by atoms with van der Waals surface area (Å²) in [6.45, 7) is 2.98. The number of nitrogens with zero attached hydrogens (tertiary/aromatic N) is 2. The SMILES string of the molecule is N#Cc1ccc(OP(=O)(O)CNS(=O)(=O)c2cc3cc(OCCN(OCCC[NH3+])OCCC[NH3+])ccc3s2)cc1F.O=C([O-])C(F)(F)F.O=C([O-])C(F)(F)F. The summed E-state index contributed by atoms with van der Waals surface area (Å²) in [4.78, 5) is 38.9. The van der Waals surface area contributed by atoms with Crippen LogP contribution in [0.25, 0.3) is 10.1 Å². The minimum Gasteiger partial charge on any atom is -0.542 e. The summed E-state index contributed by atoms with van der Waals surface area (Å²) in [6.07, 6.45) is -9.78. The number of nitriles is 1. The van der Waals surface area contributed by atoms with Gasteiger partial charge in [0, 0.05) is 23.6 Å². The molecule has 0 aliphatic rings. The predicted octanol–water partition coefficient (Wildman–Crippen LogP) is -0.183. The number of hydroxylamine groups is 2. The molecule has 1 heterocycles. The maximum absolute atomic E-state index is 13.8. The van der Waals surface area contributed by atoms with Crippen LogP contribution >= 0.6 is 18.9 Å². The van der Waals surface area contributed by atoms with Gasteiger partial charge >= 0.3 is 19.9 Å². The van der Waals surface area contributed by atoms with Crippen LogP contribution in [0.15, 0.2) is 46.7 Å². The molecular formula is C28H33F7N5O12PS2. The second-order valence-electron chi connectivity index (χ2n) is 10.1. The second kappa shape index (κ2) is 22.4. The summed E-state index contributed by atoms with van der Waals surface area (Å²) in [5, 5.41) is 28.3. The van der Waals surface area contributed by atoms with E-state index >= 15 is 0 Å². The van der Waals surface area contributed by atoms with Gasteiger partial charge in [-0.25, -0.2) is 17.4 Å². The number of carboxylic acid groups (broad SMARTS) is 2. The van der Waals surface area contributed by atoms with E-state index in [4.69, 9.17) is 44.0 Å². The van der Waals surface area contributed by atoms with Crippen LogP contribution in [-0.2, 0) is 33.9 Å². The van der Waals surface area contributed by atoms with Crippen LogP contribution in [0.5, 0.6) is 11.5 Å². The van der Waals surface area contributed by atoms with Crippen molar-refractivity contribution in [3.63, 3.8) is 0 Å². The number of hydrogen-bond donors (Lipinski definition) is 4. The molecule has 0 fully saturated rings. The molecule has 3 rings (SSSR count). The number of halogens is 7. The third kappa shape index (κ3) is 18.8. The Balaban J connectivity index is 0.000000913. The summed E-state index contributed by atoms with van der Waals surface area (Å²) in [5.74, 6) is -6.77. The number of aliphatic carboxylic acids is 2. The normalized spacial score (nSPS) is 12.8. The first-order chi connectivity index (χ1) is 25.4. The lowest BCUT2D eigenvalue weighted by Crippen LogP contribution is -2.51. The number of carboxylic acids is 2. The fourth-order valence-electron chi connectivity index (χ4n) is 3.24. The molecule has 1 unspecified atom stereocenters. The van der Waals surface area contributed by atoms with Crippen molar-refractivity contribution in [3.8, 4) is 17.6 Å². The Hall–Kier alpha value is -4.16. The Morgan fingerprint density at radius 2 is 1.45 bits per heavy atom. The van der Waals surface area contributed by atoms with Gasteiger partial charge in [0.05, 0.1) is 38.4 Å². The standard InChI is InChI=1S/C24H31FN5O8PS2.2C2HF3O2/c25-22-15-21(4-3-18(22)16-28)38-39(31,32)17-29-41(33,34)24-14-19-13-20(5-6-23(19)40-24)35-12-9-30(36-10-1-7-26)37-11-2-8-27;2*3-2(4,5)1(6)7/h3-6,13-15,29H,1-2,7-12,17,26-27H2,(H,31,32);2*(H,6,7). The summed E-state index contributed by atoms with van der Waals surface area (Å²) >= 11 is 0.968. The van der Waals surface area contributed by atoms with Crippen LogP contribution in [0.4, 0.5) is 30.7 Å². The van der Waals surface area contributed by atoms with Crippen molar-refractivity contribution in [1.82, 2.24) is 9.95 Å². The quantitative estimate of drug-likeness (QED) is 0.0559. The molecule has 0 radical (unpaired) electrons. The number of carbonyl (C=O) groups is 2. The Kier molecular flexibility index (Phi) is 19.9. The van der Waals surface area contributed by atoms with E-state index in [2.05, 4.69) is 16.2 Å². The van der Waals surface area contributed by atoms with Gasteiger partial charge in [0.25, 0.3) is 10.0 Å². The molecule has 0 amide bonds. The van der Waals surface area contributed by atoms with Crippen molar-refractivity contribution in [2.24, 2.45) is 0 Å². The molecule has 0 saturated carbocycles. The molecule has 3 aromatic rings. The van der Waals surface area contributed by atoms with E-state index in [9.17, 15) is 48.6 Å². The van der Waals surface area contributed by atoms with Crippen LogP contribution in [0.2, 0.25) is 0 Å². The van der Waals surface area contributed by atoms with Crippen LogP contribution in [0.1, 0.15) is 18.4 Å². The van der Waals surface area contributed by atoms with E-state index in [-0.39, 0.29) is 22.1 Å². The maximum atomic E-state index is 13.8. The van der Waals surface area contributed by atoms with E-state index in [1.54, 1.807) is 24.3 Å². The highest BCUT2D eigenvalue weighted by Gasteiger charge is 2.30. The van der Waals surface area contributed by atoms with Gasteiger partial charge in [0.1, 0.15) is 52.4 Å². The number of fused-ring (bicyclic) bond motifs is 1. The van der Waals surface area contributed by atoms with Gasteiger partial charge in [0.2, 0.25) is 0 Å². The summed E-state index contributed by atoms with van der Waals surface area (Å²) < 4.78 is 128. The predicted molar refractivity (Wildman–Crippen MR) is 170 cm³/mol. The lowest BCUT2D eigenvalue weighted by atomic mass is 10.2. The summed E-state index contributed by atoms with van der Waals surface area (Å²) in [7, 11) is -8.72. The fraction of sp³-hybridized carbons (Fsp3) is 0.393. The van der Waals surface area contributed by atoms with Crippen molar-refractivity contribution in [2.45, 2.75) is 29.4 Å². The van der Waals surface area contributed by atoms with Gasteiger partial charge < -0.3 is 45.4 Å². The largest absolute Gasteiger partial charge is 0.542 e. The molecule has 8 N–H and O–H groups in total. The number of thiophene rings is 1. The van der Waals surface area contributed by atoms with E-state index in [0.29, 0.717) is 35.6 Å². The van der Waals surface area contributed by atoms with Gasteiger partial charge in [-0.15, -0.1) is 11.3 Å². The van der Waals surface area contributed by atoms with E-state index in [0.717, 1.165) is 55.5 Å². The average Bonchev–Trinajstić information content (AvgIpc) is 3.52. The molecule has 308 valence electrons. The number of rotatable bonds is 18. The van der Waals surface area contributed by atoms with Crippen molar-refractivity contribution in [2.75, 3.05) is 45.7 Å². The molecule has 0 spiro atoms. The first kappa shape index (κ1) is 48.9. The van der Waals surface area contributed by atoms with Gasteiger partial charge in [0.15, 0.2) is 0 Å². The van der Waals surface area contributed by atoms with Crippen LogP contribution in [0.3, 0.4) is 0 Å². The number of ether oxygens (including phenoxy) is 1. The Labute approximate surface area is 311 Å². The minimum absolute atomic E-state index is 0.0853.